The average Bonchev–Trinajstić information content (AvgIpc) is 3.10. The van der Waals surface area contributed by atoms with E-state index < -0.39 is 18.1 Å². The lowest BCUT2D eigenvalue weighted by molar-refractivity contribution is -0.139. The quantitative estimate of drug-likeness (QED) is 0.574. The third-order valence-corrected chi connectivity index (χ3v) is 5.78. The van der Waals surface area contributed by atoms with Gasteiger partial charge in [-0.2, -0.15) is 0 Å². The number of benzene rings is 3. The number of carbonyl (C=O) groups excluding carboxylic acids is 1. The van der Waals surface area contributed by atoms with Gasteiger partial charge < -0.3 is 15.2 Å². The van der Waals surface area contributed by atoms with Crippen LogP contribution in [0.4, 0.5) is 4.79 Å². The van der Waals surface area contributed by atoms with E-state index in [0.717, 1.165) is 33.4 Å². The normalized spacial score (nSPS) is 13.2. The highest BCUT2D eigenvalue weighted by Crippen LogP contribution is 2.44. The second-order valence-electron chi connectivity index (χ2n) is 7.88. The van der Waals surface area contributed by atoms with Gasteiger partial charge in [-0.1, -0.05) is 78.4 Å². The summed E-state index contributed by atoms with van der Waals surface area (Å²) < 4.78 is 5.47. The second kappa shape index (κ2) is 9.04. The number of aliphatic carboxylic acids is 1. The van der Waals surface area contributed by atoms with Gasteiger partial charge in [0.05, 0.1) is 0 Å². The van der Waals surface area contributed by atoms with Gasteiger partial charge in [-0.05, 0) is 47.6 Å². The first-order valence-corrected chi connectivity index (χ1v) is 10.4. The molecule has 1 aliphatic rings. The molecule has 0 aliphatic heterocycles. The van der Waals surface area contributed by atoms with E-state index in [1.54, 1.807) is 0 Å². The molecule has 158 valence electrons. The van der Waals surface area contributed by atoms with Crippen LogP contribution < -0.4 is 5.32 Å². The van der Waals surface area contributed by atoms with Gasteiger partial charge in [0.1, 0.15) is 12.6 Å². The van der Waals surface area contributed by atoms with Crippen molar-refractivity contribution in [1.29, 1.82) is 0 Å². The number of fused-ring (bicyclic) bond motifs is 3. The van der Waals surface area contributed by atoms with Gasteiger partial charge in [-0.15, -0.1) is 0 Å². The van der Waals surface area contributed by atoms with Gasteiger partial charge in [-0.3, -0.25) is 0 Å². The maximum absolute atomic E-state index is 12.4. The average molecular weight is 415 g/mol. The summed E-state index contributed by atoms with van der Waals surface area (Å²) in [4.78, 5) is 24.0. The molecule has 4 rings (SSSR count). The number of hydrogen-bond acceptors (Lipinski definition) is 3. The summed E-state index contributed by atoms with van der Waals surface area (Å²) in [6, 6.07) is 23.1. The molecule has 0 unspecified atom stereocenters. The van der Waals surface area contributed by atoms with Crippen molar-refractivity contribution >= 4 is 12.1 Å². The highest BCUT2D eigenvalue weighted by molar-refractivity contribution is 5.81. The molecule has 0 heterocycles. The Morgan fingerprint density at radius 2 is 1.52 bits per heavy atom. The molecule has 31 heavy (non-hydrogen) atoms. The molecule has 5 nitrogen and oxygen atoms in total. The van der Waals surface area contributed by atoms with Crippen LogP contribution in [-0.2, 0) is 16.0 Å². The van der Waals surface area contributed by atoms with Crippen molar-refractivity contribution in [2.24, 2.45) is 0 Å². The second-order valence-corrected chi connectivity index (χ2v) is 7.88. The minimum absolute atomic E-state index is 0.0611. The predicted octanol–water partition coefficient (Wildman–Crippen LogP) is 4.92. The first-order valence-electron chi connectivity index (χ1n) is 10.4. The van der Waals surface area contributed by atoms with Crippen LogP contribution in [0.5, 0.6) is 0 Å². The summed E-state index contributed by atoms with van der Waals surface area (Å²) in [5.74, 6) is -1.13. The largest absolute Gasteiger partial charge is 0.480 e. The van der Waals surface area contributed by atoms with E-state index in [0.29, 0.717) is 12.8 Å². The lowest BCUT2D eigenvalue weighted by Gasteiger charge is -2.17. The molecule has 1 atom stereocenters. The van der Waals surface area contributed by atoms with E-state index in [1.165, 1.54) is 0 Å². The molecule has 1 aliphatic carbocycles. The van der Waals surface area contributed by atoms with Crippen LogP contribution in [-0.4, -0.2) is 29.8 Å². The van der Waals surface area contributed by atoms with Gasteiger partial charge in [0.2, 0.25) is 0 Å². The number of carboxylic acids is 1. The van der Waals surface area contributed by atoms with E-state index >= 15 is 0 Å². The fourth-order valence-electron chi connectivity index (χ4n) is 4.11. The Labute approximate surface area is 181 Å². The fraction of sp³-hybridized carbons (Fsp3) is 0.231. The van der Waals surface area contributed by atoms with Gasteiger partial charge in [0, 0.05) is 5.92 Å². The third kappa shape index (κ3) is 4.61. The van der Waals surface area contributed by atoms with Crippen molar-refractivity contribution < 1.29 is 19.4 Å². The van der Waals surface area contributed by atoms with Crippen LogP contribution in [0.25, 0.3) is 11.1 Å². The number of amides is 1. The molecule has 2 N–H and O–H groups in total. The molecular weight excluding hydrogens is 390 g/mol. The molecule has 0 spiro atoms. The lowest BCUT2D eigenvalue weighted by atomic mass is 9.98. The van der Waals surface area contributed by atoms with Crippen molar-refractivity contribution in [3.8, 4) is 11.1 Å². The molecule has 0 fully saturated rings. The summed E-state index contributed by atoms with van der Waals surface area (Å²) in [6.45, 7) is 2.16. The number of nitrogens with one attached hydrogen (secondary N) is 1. The zero-order valence-corrected chi connectivity index (χ0v) is 17.4. The number of ether oxygens (including phenoxy) is 1. The van der Waals surface area contributed by atoms with Crippen molar-refractivity contribution in [3.63, 3.8) is 0 Å². The van der Waals surface area contributed by atoms with Crippen molar-refractivity contribution in [3.05, 3.63) is 95.1 Å². The minimum atomic E-state index is -1.07. The molecule has 0 saturated carbocycles. The van der Waals surface area contributed by atoms with Crippen molar-refractivity contribution in [2.75, 3.05) is 6.61 Å². The van der Waals surface area contributed by atoms with E-state index in [4.69, 9.17) is 4.74 Å². The van der Waals surface area contributed by atoms with Crippen LogP contribution in [0, 0.1) is 6.92 Å². The SMILES string of the molecule is Cc1ccc(CC[C@@H](NC(=O)OCC2c3ccccc3-c3ccccc32)C(=O)O)cc1. The summed E-state index contributed by atoms with van der Waals surface area (Å²) in [5, 5.41) is 12.0. The highest BCUT2D eigenvalue weighted by atomic mass is 16.5. The van der Waals surface area contributed by atoms with Gasteiger partial charge in [0.25, 0.3) is 0 Å². The summed E-state index contributed by atoms with van der Waals surface area (Å²) in [5.41, 5.74) is 6.71. The highest BCUT2D eigenvalue weighted by Gasteiger charge is 2.29. The van der Waals surface area contributed by atoms with Gasteiger partial charge in [0.15, 0.2) is 0 Å². The molecule has 3 aromatic carbocycles. The first-order chi connectivity index (χ1) is 15.0. The van der Waals surface area contributed by atoms with Crippen LogP contribution in [0.3, 0.4) is 0 Å². The van der Waals surface area contributed by atoms with Crippen LogP contribution in [0.1, 0.15) is 34.6 Å². The third-order valence-electron chi connectivity index (χ3n) is 5.78. The maximum Gasteiger partial charge on any atom is 0.407 e. The van der Waals surface area contributed by atoms with E-state index in [1.807, 2.05) is 67.6 Å². The number of aryl methyl sites for hydroxylation is 2. The molecular formula is C26H25NO4. The van der Waals surface area contributed by atoms with Gasteiger partial charge >= 0.3 is 12.1 Å². The van der Waals surface area contributed by atoms with E-state index in [-0.39, 0.29) is 12.5 Å². The van der Waals surface area contributed by atoms with Gasteiger partial charge in [-0.25, -0.2) is 9.59 Å². The maximum atomic E-state index is 12.4. The summed E-state index contributed by atoms with van der Waals surface area (Å²) in [6.07, 6.45) is 0.141. The number of carboxylic acid groups (broad SMARTS) is 1. The Balaban J connectivity index is 1.38. The number of alkyl carbamates (subject to hydrolysis) is 1. The van der Waals surface area contributed by atoms with Crippen LogP contribution >= 0.6 is 0 Å². The molecule has 3 aromatic rings. The Morgan fingerprint density at radius 1 is 0.935 bits per heavy atom. The molecule has 5 heteroatoms. The molecule has 0 saturated heterocycles. The molecule has 0 bridgehead atoms. The van der Waals surface area contributed by atoms with Crippen molar-refractivity contribution in [2.45, 2.75) is 31.7 Å². The van der Waals surface area contributed by atoms with Crippen LogP contribution in [0.2, 0.25) is 0 Å². The topological polar surface area (TPSA) is 75.6 Å². The smallest absolute Gasteiger partial charge is 0.407 e. The summed E-state index contributed by atoms with van der Waals surface area (Å²) in [7, 11) is 0. The van der Waals surface area contributed by atoms with E-state index in [2.05, 4.69) is 17.4 Å². The minimum Gasteiger partial charge on any atom is -0.480 e. The zero-order chi connectivity index (χ0) is 21.8. The predicted molar refractivity (Wildman–Crippen MR) is 119 cm³/mol. The lowest BCUT2D eigenvalue weighted by Crippen LogP contribution is -2.41. The monoisotopic (exact) mass is 415 g/mol. The number of carbonyl (C=O) groups is 2. The Morgan fingerprint density at radius 3 is 2.10 bits per heavy atom. The Kier molecular flexibility index (Phi) is 6.03. The molecule has 0 aromatic heterocycles. The molecule has 1 amide bonds. The molecule has 0 radical (unpaired) electrons. The van der Waals surface area contributed by atoms with Crippen molar-refractivity contribution in [1.82, 2.24) is 5.32 Å². The van der Waals surface area contributed by atoms with E-state index in [9.17, 15) is 14.7 Å². The summed E-state index contributed by atoms with van der Waals surface area (Å²) >= 11 is 0. The Hall–Kier alpha value is -3.60. The fourth-order valence-corrected chi connectivity index (χ4v) is 4.11. The standard InChI is InChI=1S/C26H25NO4/c1-17-10-12-18(13-11-17)14-15-24(25(28)29)27-26(30)31-16-23-21-8-4-2-6-19(21)20-7-3-5-9-22(20)23/h2-13,23-24H,14-16H2,1H3,(H,27,30)(H,28,29)/t24-/m1/s1. The Bertz CT molecular complexity index is 1050. The zero-order valence-electron chi connectivity index (χ0n) is 17.4. The first kappa shape index (κ1) is 20.7. The number of hydrogen-bond donors (Lipinski definition) is 2. The van der Waals surface area contributed by atoms with Crippen LogP contribution in [0.15, 0.2) is 72.8 Å². The number of rotatable bonds is 7.